The first-order valence-electron chi connectivity index (χ1n) is 7.59. The molecule has 1 aromatic carbocycles. The SMILES string of the molecule is CC(C)(C)OC(=O)NCCN(Cl)S(=O)(=O)c1cccc2cnccc12. The molecule has 0 aliphatic carbocycles. The maximum absolute atomic E-state index is 12.7. The largest absolute Gasteiger partial charge is 0.444 e. The number of benzene rings is 1. The molecule has 0 radical (unpaired) electrons. The van der Waals surface area contributed by atoms with Crippen molar-refractivity contribution in [2.24, 2.45) is 0 Å². The van der Waals surface area contributed by atoms with Gasteiger partial charge in [0.1, 0.15) is 5.60 Å². The summed E-state index contributed by atoms with van der Waals surface area (Å²) in [5.74, 6) is 0. The Morgan fingerprint density at radius 2 is 2.04 bits per heavy atom. The lowest BCUT2D eigenvalue weighted by Gasteiger charge is -2.20. The van der Waals surface area contributed by atoms with Crippen LogP contribution >= 0.6 is 11.8 Å². The molecule has 2 aromatic rings. The minimum Gasteiger partial charge on any atom is -0.444 e. The van der Waals surface area contributed by atoms with E-state index in [0.29, 0.717) is 14.6 Å². The van der Waals surface area contributed by atoms with E-state index in [1.54, 1.807) is 45.2 Å². The maximum Gasteiger partial charge on any atom is 0.407 e. The number of nitrogens with one attached hydrogen (secondary N) is 1. The molecule has 136 valence electrons. The van der Waals surface area contributed by atoms with Gasteiger partial charge in [-0.25, -0.2) is 13.2 Å². The summed E-state index contributed by atoms with van der Waals surface area (Å²) in [4.78, 5) is 15.6. The Kier molecular flexibility index (Phi) is 5.87. The average Bonchev–Trinajstić information content (AvgIpc) is 2.52. The Balaban J connectivity index is 2.08. The van der Waals surface area contributed by atoms with E-state index in [4.69, 9.17) is 16.5 Å². The number of pyridine rings is 1. The van der Waals surface area contributed by atoms with Crippen LogP contribution in [0.4, 0.5) is 4.79 Å². The van der Waals surface area contributed by atoms with Gasteiger partial charge in [0.15, 0.2) is 0 Å². The summed E-state index contributed by atoms with van der Waals surface area (Å²) in [6.45, 7) is 5.12. The van der Waals surface area contributed by atoms with Crippen molar-refractivity contribution in [1.29, 1.82) is 0 Å². The van der Waals surface area contributed by atoms with Crippen molar-refractivity contribution in [2.75, 3.05) is 13.1 Å². The fourth-order valence-corrected chi connectivity index (χ4v) is 3.67. The Morgan fingerprint density at radius 3 is 2.72 bits per heavy atom. The van der Waals surface area contributed by atoms with Crippen molar-refractivity contribution in [2.45, 2.75) is 31.3 Å². The zero-order chi connectivity index (χ0) is 18.7. The van der Waals surface area contributed by atoms with Crippen LogP contribution in [0.1, 0.15) is 20.8 Å². The van der Waals surface area contributed by atoms with Gasteiger partial charge >= 0.3 is 6.09 Å². The molecule has 0 spiro atoms. The predicted molar refractivity (Wildman–Crippen MR) is 95.7 cm³/mol. The normalized spacial score (nSPS) is 12.4. The minimum absolute atomic E-state index is 0.0178. The van der Waals surface area contributed by atoms with E-state index in [0.717, 1.165) is 0 Å². The second-order valence-electron chi connectivity index (χ2n) is 6.30. The van der Waals surface area contributed by atoms with Crippen molar-refractivity contribution in [1.82, 2.24) is 14.1 Å². The van der Waals surface area contributed by atoms with Crippen molar-refractivity contribution in [3.05, 3.63) is 36.7 Å². The number of nitrogens with zero attached hydrogens (tertiary/aromatic N) is 2. The molecule has 0 bridgehead atoms. The second-order valence-corrected chi connectivity index (χ2v) is 8.74. The molecule has 2 rings (SSSR count). The molecule has 0 unspecified atom stereocenters. The summed E-state index contributed by atoms with van der Waals surface area (Å²) in [6.07, 6.45) is 2.47. The van der Waals surface area contributed by atoms with Crippen LogP contribution in [0.2, 0.25) is 0 Å². The van der Waals surface area contributed by atoms with Gasteiger partial charge in [0.25, 0.3) is 10.0 Å². The van der Waals surface area contributed by atoms with Gasteiger partial charge in [0, 0.05) is 36.3 Å². The van der Waals surface area contributed by atoms with Crippen LogP contribution in [-0.2, 0) is 14.8 Å². The number of hydrogen-bond acceptors (Lipinski definition) is 5. The number of aromatic nitrogens is 1. The number of amides is 1. The lowest BCUT2D eigenvalue weighted by Crippen LogP contribution is -2.37. The van der Waals surface area contributed by atoms with E-state index >= 15 is 0 Å². The summed E-state index contributed by atoms with van der Waals surface area (Å²) in [5.41, 5.74) is -0.631. The Morgan fingerprint density at radius 1 is 1.32 bits per heavy atom. The van der Waals surface area contributed by atoms with Gasteiger partial charge in [-0.3, -0.25) is 4.98 Å². The number of fused-ring (bicyclic) bond motifs is 1. The quantitative estimate of drug-likeness (QED) is 0.799. The zero-order valence-corrected chi connectivity index (χ0v) is 15.8. The maximum atomic E-state index is 12.7. The van der Waals surface area contributed by atoms with E-state index < -0.39 is 21.7 Å². The number of alkyl carbamates (subject to hydrolysis) is 1. The summed E-state index contributed by atoms with van der Waals surface area (Å²) >= 11 is 5.96. The van der Waals surface area contributed by atoms with Gasteiger partial charge < -0.3 is 10.1 Å². The van der Waals surface area contributed by atoms with Crippen LogP contribution in [0, 0.1) is 0 Å². The number of sulfonamides is 1. The molecule has 0 aliphatic heterocycles. The fourth-order valence-electron chi connectivity index (χ4n) is 2.10. The summed E-state index contributed by atoms with van der Waals surface area (Å²) < 4.78 is 31.1. The number of rotatable bonds is 5. The van der Waals surface area contributed by atoms with Crippen LogP contribution in [0.25, 0.3) is 10.8 Å². The molecule has 7 nitrogen and oxygen atoms in total. The topological polar surface area (TPSA) is 88.6 Å². The number of hydrogen-bond donors (Lipinski definition) is 1. The molecule has 0 saturated heterocycles. The Labute approximate surface area is 152 Å². The first-order chi connectivity index (χ1) is 11.6. The highest BCUT2D eigenvalue weighted by Crippen LogP contribution is 2.25. The van der Waals surface area contributed by atoms with Gasteiger partial charge in [0.05, 0.1) is 4.90 Å². The highest BCUT2D eigenvalue weighted by molar-refractivity contribution is 7.90. The number of carbonyl (C=O) groups excluding carboxylic acids is 1. The van der Waals surface area contributed by atoms with Crippen LogP contribution in [0.15, 0.2) is 41.6 Å². The monoisotopic (exact) mass is 385 g/mol. The summed E-state index contributed by atoms with van der Waals surface area (Å²) in [5, 5.41) is 3.69. The lowest BCUT2D eigenvalue weighted by molar-refractivity contribution is 0.0527. The molecule has 0 aliphatic rings. The standard InChI is InChI=1S/C16H20ClN3O4S/c1-16(2,3)24-15(21)19-9-10-20(17)25(22,23)14-6-4-5-12-11-18-8-7-13(12)14/h4-8,11H,9-10H2,1-3H3,(H,19,21). The first-order valence-corrected chi connectivity index (χ1v) is 9.37. The highest BCUT2D eigenvalue weighted by Gasteiger charge is 2.25. The van der Waals surface area contributed by atoms with Crippen molar-refractivity contribution < 1.29 is 17.9 Å². The smallest absolute Gasteiger partial charge is 0.407 e. The Hall–Kier alpha value is -1.90. The van der Waals surface area contributed by atoms with Crippen LogP contribution in [0.3, 0.4) is 0 Å². The average molecular weight is 386 g/mol. The molecule has 1 heterocycles. The number of carbonyl (C=O) groups is 1. The van der Waals surface area contributed by atoms with E-state index in [1.165, 1.54) is 12.3 Å². The molecule has 9 heteroatoms. The number of halogens is 1. The van der Waals surface area contributed by atoms with Gasteiger partial charge in [0.2, 0.25) is 0 Å². The van der Waals surface area contributed by atoms with Crippen molar-refractivity contribution in [3.8, 4) is 0 Å². The van der Waals surface area contributed by atoms with E-state index in [2.05, 4.69) is 10.3 Å². The van der Waals surface area contributed by atoms with Gasteiger partial charge in [-0.1, -0.05) is 12.1 Å². The van der Waals surface area contributed by atoms with Crippen molar-refractivity contribution >= 4 is 38.7 Å². The van der Waals surface area contributed by atoms with Crippen LogP contribution in [-0.4, -0.2) is 42.0 Å². The molecule has 0 saturated carbocycles. The Bertz CT molecular complexity index is 860. The van der Waals surface area contributed by atoms with E-state index in [-0.39, 0.29) is 18.0 Å². The summed E-state index contributed by atoms with van der Waals surface area (Å²) in [6, 6.07) is 6.49. The molecule has 0 fully saturated rings. The minimum atomic E-state index is -3.92. The molecular weight excluding hydrogens is 366 g/mol. The molecule has 1 amide bonds. The van der Waals surface area contributed by atoms with Gasteiger partial charge in [-0.2, -0.15) is 0 Å². The lowest BCUT2D eigenvalue weighted by atomic mass is 10.2. The zero-order valence-electron chi connectivity index (χ0n) is 14.2. The third-order valence-electron chi connectivity index (χ3n) is 3.14. The van der Waals surface area contributed by atoms with Crippen LogP contribution in [0.5, 0.6) is 0 Å². The van der Waals surface area contributed by atoms with Gasteiger partial charge in [-0.15, -0.1) is 3.82 Å². The van der Waals surface area contributed by atoms with E-state index in [1.807, 2.05) is 0 Å². The molecule has 1 aromatic heterocycles. The predicted octanol–water partition coefficient (Wildman–Crippen LogP) is 2.90. The van der Waals surface area contributed by atoms with Gasteiger partial charge in [-0.05, 0) is 44.7 Å². The highest BCUT2D eigenvalue weighted by atomic mass is 35.5. The van der Waals surface area contributed by atoms with Crippen LogP contribution < -0.4 is 5.32 Å². The van der Waals surface area contributed by atoms with Crippen molar-refractivity contribution in [3.63, 3.8) is 0 Å². The van der Waals surface area contributed by atoms with E-state index in [9.17, 15) is 13.2 Å². The molecule has 0 atom stereocenters. The molecule has 25 heavy (non-hydrogen) atoms. The molecular formula is C16H20ClN3O4S. The fraction of sp³-hybridized carbons (Fsp3) is 0.375. The molecule has 1 N–H and O–H groups in total. The third kappa shape index (κ3) is 5.04. The number of ether oxygens (including phenoxy) is 1. The first kappa shape index (κ1) is 19.4. The summed E-state index contributed by atoms with van der Waals surface area (Å²) in [7, 11) is -3.92. The second kappa shape index (κ2) is 7.55. The third-order valence-corrected chi connectivity index (χ3v) is 5.47.